The Hall–Kier alpha value is -2.09. The minimum atomic E-state index is -0.762. The summed E-state index contributed by atoms with van der Waals surface area (Å²) in [5, 5.41) is 0.942. The molecule has 0 bridgehead atoms. The summed E-state index contributed by atoms with van der Waals surface area (Å²) in [5.74, 6) is -0.538. The van der Waals surface area contributed by atoms with Crippen molar-refractivity contribution >= 4 is 18.5 Å². The smallest absolute Gasteiger partial charge is 0.460 e. The summed E-state index contributed by atoms with van der Waals surface area (Å²) in [4.78, 5) is 37.4. The van der Waals surface area contributed by atoms with Gasteiger partial charge in [-0.3, -0.25) is 9.63 Å². The molecule has 0 radical (unpaired) electrons. The molecule has 8 heteroatoms. The number of hydrogen-bond donors (Lipinski definition) is 0. The normalized spacial score (nSPS) is 17.3. The SMILES string of the molecule is C=C(C)C(=O)OCCN(C=O)OCC1COC(=O)O1. The lowest BCUT2D eigenvalue weighted by Gasteiger charge is -2.17. The van der Waals surface area contributed by atoms with Gasteiger partial charge in [-0.25, -0.2) is 14.7 Å². The number of esters is 1. The van der Waals surface area contributed by atoms with Crippen molar-refractivity contribution in [1.82, 2.24) is 5.06 Å². The van der Waals surface area contributed by atoms with E-state index in [9.17, 15) is 14.4 Å². The van der Waals surface area contributed by atoms with Crippen LogP contribution in [0.1, 0.15) is 6.92 Å². The van der Waals surface area contributed by atoms with Gasteiger partial charge in [0.15, 0.2) is 6.10 Å². The quantitative estimate of drug-likeness (QED) is 0.266. The molecule has 106 valence electrons. The molecule has 0 aliphatic carbocycles. The highest BCUT2D eigenvalue weighted by Crippen LogP contribution is 2.06. The van der Waals surface area contributed by atoms with E-state index in [0.29, 0.717) is 6.41 Å². The molecule has 1 fully saturated rings. The van der Waals surface area contributed by atoms with Gasteiger partial charge in [0.05, 0.1) is 6.54 Å². The third-order valence-corrected chi connectivity index (χ3v) is 2.09. The largest absolute Gasteiger partial charge is 0.508 e. The number of hydroxylamine groups is 2. The van der Waals surface area contributed by atoms with E-state index in [4.69, 9.17) is 14.3 Å². The topological polar surface area (TPSA) is 91.4 Å². The second-order valence-corrected chi connectivity index (χ2v) is 3.76. The van der Waals surface area contributed by atoms with Gasteiger partial charge in [0.1, 0.15) is 19.8 Å². The van der Waals surface area contributed by atoms with Gasteiger partial charge in [-0.15, -0.1) is 0 Å². The summed E-state index contributed by atoms with van der Waals surface area (Å²) in [5.41, 5.74) is 0.272. The number of nitrogens with zero attached hydrogens (tertiary/aromatic N) is 1. The van der Waals surface area contributed by atoms with Gasteiger partial charge in [-0.1, -0.05) is 6.58 Å². The third-order valence-electron chi connectivity index (χ3n) is 2.09. The highest BCUT2D eigenvalue weighted by molar-refractivity contribution is 5.86. The molecule has 8 nitrogen and oxygen atoms in total. The van der Waals surface area contributed by atoms with Crippen LogP contribution in [0.4, 0.5) is 4.79 Å². The maximum atomic E-state index is 11.1. The molecule has 1 unspecified atom stereocenters. The number of ether oxygens (including phenoxy) is 3. The minimum Gasteiger partial charge on any atom is -0.460 e. The van der Waals surface area contributed by atoms with Gasteiger partial charge in [0.2, 0.25) is 6.41 Å². The molecule has 1 heterocycles. The fourth-order valence-corrected chi connectivity index (χ4v) is 1.13. The van der Waals surface area contributed by atoms with Crippen LogP contribution in [0.5, 0.6) is 0 Å². The predicted octanol–water partition coefficient (Wildman–Crippen LogP) is 0.0311. The van der Waals surface area contributed by atoms with Crippen LogP contribution in [0.15, 0.2) is 12.2 Å². The molecule has 1 aliphatic rings. The van der Waals surface area contributed by atoms with E-state index in [-0.39, 0.29) is 31.9 Å². The summed E-state index contributed by atoms with van der Waals surface area (Å²) in [6, 6.07) is 0. The zero-order valence-corrected chi connectivity index (χ0v) is 10.5. The number of carbonyl (C=O) groups is 3. The summed E-state index contributed by atoms with van der Waals surface area (Å²) < 4.78 is 14.0. The Morgan fingerprint density at radius 1 is 1.63 bits per heavy atom. The van der Waals surface area contributed by atoms with Gasteiger partial charge in [-0.05, 0) is 6.92 Å². The van der Waals surface area contributed by atoms with Crippen molar-refractivity contribution < 1.29 is 33.4 Å². The first kappa shape index (κ1) is 15.0. The average molecular weight is 273 g/mol. The maximum absolute atomic E-state index is 11.1. The fourth-order valence-electron chi connectivity index (χ4n) is 1.13. The van der Waals surface area contributed by atoms with Gasteiger partial charge in [-0.2, -0.15) is 0 Å². The fraction of sp³-hybridized carbons (Fsp3) is 0.545. The second kappa shape index (κ2) is 7.37. The zero-order chi connectivity index (χ0) is 14.3. The van der Waals surface area contributed by atoms with Crippen molar-refractivity contribution in [3.63, 3.8) is 0 Å². The molecule has 1 rings (SSSR count). The van der Waals surface area contributed by atoms with E-state index in [1.165, 1.54) is 6.92 Å². The summed E-state index contributed by atoms with van der Waals surface area (Å²) >= 11 is 0. The molecule has 0 spiro atoms. The van der Waals surface area contributed by atoms with Crippen molar-refractivity contribution in [3.8, 4) is 0 Å². The van der Waals surface area contributed by atoms with E-state index in [2.05, 4.69) is 11.3 Å². The number of rotatable bonds is 8. The standard InChI is InChI=1S/C11H15NO7/c1-8(2)10(14)16-4-3-12(7-13)18-6-9-5-17-11(15)19-9/h7,9H,1,3-6H2,2H3. The van der Waals surface area contributed by atoms with Crippen LogP contribution < -0.4 is 0 Å². The molecule has 1 amide bonds. The number of amides is 1. The molecule has 1 atom stereocenters. The average Bonchev–Trinajstić information content (AvgIpc) is 2.79. The molecular formula is C11H15NO7. The third kappa shape index (κ3) is 5.38. The van der Waals surface area contributed by atoms with Crippen LogP contribution in [-0.2, 0) is 28.6 Å². The van der Waals surface area contributed by atoms with Gasteiger partial charge >= 0.3 is 12.1 Å². The molecule has 0 saturated carbocycles. The summed E-state index contributed by atoms with van der Waals surface area (Å²) in [6.45, 7) is 5.04. The Morgan fingerprint density at radius 2 is 2.37 bits per heavy atom. The van der Waals surface area contributed by atoms with Crippen LogP contribution in [-0.4, -0.2) is 56.1 Å². The second-order valence-electron chi connectivity index (χ2n) is 3.76. The van der Waals surface area contributed by atoms with Crippen LogP contribution in [0.3, 0.4) is 0 Å². The highest BCUT2D eigenvalue weighted by atomic mass is 16.8. The van der Waals surface area contributed by atoms with E-state index in [1.807, 2.05) is 0 Å². The molecular weight excluding hydrogens is 258 g/mol. The van der Waals surface area contributed by atoms with E-state index in [1.54, 1.807) is 0 Å². The Morgan fingerprint density at radius 3 is 2.89 bits per heavy atom. The van der Waals surface area contributed by atoms with Gasteiger partial charge < -0.3 is 14.2 Å². The van der Waals surface area contributed by atoms with Crippen molar-refractivity contribution in [2.45, 2.75) is 13.0 Å². The Labute approximate surface area is 109 Å². The maximum Gasteiger partial charge on any atom is 0.508 e. The Bertz CT molecular complexity index is 368. The zero-order valence-electron chi connectivity index (χ0n) is 10.5. The first-order valence-electron chi connectivity index (χ1n) is 5.54. The molecule has 1 aliphatic heterocycles. The van der Waals surface area contributed by atoms with Gasteiger partial charge in [0.25, 0.3) is 0 Å². The van der Waals surface area contributed by atoms with Crippen LogP contribution >= 0.6 is 0 Å². The lowest BCUT2D eigenvalue weighted by molar-refractivity contribution is -0.184. The van der Waals surface area contributed by atoms with Gasteiger partial charge in [0, 0.05) is 5.57 Å². The first-order valence-corrected chi connectivity index (χ1v) is 5.54. The lowest BCUT2D eigenvalue weighted by Crippen LogP contribution is -2.31. The predicted molar refractivity (Wildman–Crippen MR) is 60.7 cm³/mol. The molecule has 19 heavy (non-hydrogen) atoms. The monoisotopic (exact) mass is 273 g/mol. The summed E-state index contributed by atoms with van der Waals surface area (Å²) in [6.07, 6.45) is -0.874. The lowest BCUT2D eigenvalue weighted by atomic mass is 10.4. The number of hydrogen-bond acceptors (Lipinski definition) is 7. The van der Waals surface area contributed by atoms with Crippen molar-refractivity contribution in [1.29, 1.82) is 0 Å². The molecule has 1 saturated heterocycles. The van der Waals surface area contributed by atoms with Crippen molar-refractivity contribution in [3.05, 3.63) is 12.2 Å². The first-order chi connectivity index (χ1) is 9.02. The van der Waals surface area contributed by atoms with Crippen LogP contribution in [0.2, 0.25) is 0 Å². The number of carbonyl (C=O) groups excluding carboxylic acids is 3. The summed E-state index contributed by atoms with van der Waals surface area (Å²) in [7, 11) is 0. The van der Waals surface area contributed by atoms with Crippen LogP contribution in [0.25, 0.3) is 0 Å². The molecule has 0 aromatic heterocycles. The Balaban J connectivity index is 2.18. The molecule has 0 aromatic rings. The van der Waals surface area contributed by atoms with E-state index < -0.39 is 18.2 Å². The molecule has 0 N–H and O–H groups in total. The van der Waals surface area contributed by atoms with E-state index in [0.717, 1.165) is 5.06 Å². The molecule has 0 aromatic carbocycles. The van der Waals surface area contributed by atoms with Crippen molar-refractivity contribution in [2.24, 2.45) is 0 Å². The highest BCUT2D eigenvalue weighted by Gasteiger charge is 2.25. The minimum absolute atomic E-state index is 0.0150. The Kier molecular flexibility index (Phi) is 5.80. The van der Waals surface area contributed by atoms with Crippen molar-refractivity contribution in [2.75, 3.05) is 26.4 Å². The number of cyclic esters (lactones) is 2. The van der Waals surface area contributed by atoms with E-state index >= 15 is 0 Å². The van der Waals surface area contributed by atoms with Crippen LogP contribution in [0, 0.1) is 0 Å².